The lowest BCUT2D eigenvalue weighted by Crippen LogP contribution is -2.17. The number of anilines is 1. The number of amides is 1. The Hall–Kier alpha value is -3.75. The highest BCUT2D eigenvalue weighted by molar-refractivity contribution is 6.14. The molecule has 0 aliphatic rings. The van der Waals surface area contributed by atoms with Crippen LogP contribution in [0.5, 0.6) is 0 Å². The van der Waals surface area contributed by atoms with Gasteiger partial charge in [0.05, 0.1) is 23.9 Å². The van der Waals surface area contributed by atoms with Crippen LogP contribution >= 0.6 is 0 Å². The number of benzene rings is 1. The van der Waals surface area contributed by atoms with Gasteiger partial charge in [0, 0.05) is 6.20 Å². The molecule has 1 aromatic carbocycles. The zero-order valence-electron chi connectivity index (χ0n) is 12.9. The third kappa shape index (κ3) is 2.90. The standard InChI is InChI=1S/C16H12N4O5/c1-25-16(24)9-5-3-2-4-8(9)14(21)20-10-6-17-12-11(10)18-7-19-13(12)15(22)23/h2-7,17H,1H3,(H,20,21)(H,22,23). The Labute approximate surface area is 140 Å². The van der Waals surface area contributed by atoms with Crippen LogP contribution in [-0.4, -0.2) is 45.0 Å². The second-order valence-corrected chi connectivity index (χ2v) is 4.94. The summed E-state index contributed by atoms with van der Waals surface area (Å²) in [6.45, 7) is 0. The molecule has 0 fully saturated rings. The Morgan fingerprint density at radius 2 is 1.88 bits per heavy atom. The fourth-order valence-electron chi connectivity index (χ4n) is 2.36. The van der Waals surface area contributed by atoms with E-state index >= 15 is 0 Å². The molecule has 0 atom stereocenters. The van der Waals surface area contributed by atoms with E-state index in [1.54, 1.807) is 12.1 Å². The van der Waals surface area contributed by atoms with E-state index in [2.05, 4.69) is 25.0 Å². The van der Waals surface area contributed by atoms with Crippen LogP contribution in [0.2, 0.25) is 0 Å². The first kappa shape index (κ1) is 16.1. The molecule has 0 aliphatic heterocycles. The first-order valence-electron chi connectivity index (χ1n) is 7.07. The van der Waals surface area contributed by atoms with Gasteiger partial charge >= 0.3 is 11.9 Å². The van der Waals surface area contributed by atoms with Crippen LogP contribution in [0.1, 0.15) is 31.2 Å². The Morgan fingerprint density at radius 1 is 1.16 bits per heavy atom. The van der Waals surface area contributed by atoms with Gasteiger partial charge in [-0.1, -0.05) is 12.1 Å². The predicted molar refractivity (Wildman–Crippen MR) is 86.6 cm³/mol. The number of carboxylic acid groups (broad SMARTS) is 1. The molecule has 1 amide bonds. The van der Waals surface area contributed by atoms with Crippen LogP contribution in [0.3, 0.4) is 0 Å². The Kier molecular flexibility index (Phi) is 4.12. The SMILES string of the molecule is COC(=O)c1ccccc1C(=O)Nc1c[nH]c2c(C(=O)O)ncnc12. The third-order valence-electron chi connectivity index (χ3n) is 3.49. The number of ether oxygens (including phenoxy) is 1. The Balaban J connectivity index is 1.98. The number of aromatic nitrogens is 3. The van der Waals surface area contributed by atoms with E-state index in [0.717, 1.165) is 6.33 Å². The smallest absolute Gasteiger partial charge is 0.356 e. The van der Waals surface area contributed by atoms with Crippen molar-refractivity contribution in [1.29, 1.82) is 0 Å². The van der Waals surface area contributed by atoms with Gasteiger partial charge < -0.3 is 20.1 Å². The van der Waals surface area contributed by atoms with Crippen molar-refractivity contribution in [2.75, 3.05) is 12.4 Å². The van der Waals surface area contributed by atoms with Gasteiger partial charge in [0.15, 0.2) is 5.69 Å². The lowest BCUT2D eigenvalue weighted by atomic mass is 10.1. The zero-order chi connectivity index (χ0) is 18.0. The largest absolute Gasteiger partial charge is 0.476 e. The maximum atomic E-state index is 12.5. The number of aromatic amines is 1. The van der Waals surface area contributed by atoms with Crippen molar-refractivity contribution >= 4 is 34.6 Å². The number of methoxy groups -OCH3 is 1. The predicted octanol–water partition coefficient (Wildman–Crippen LogP) is 1.69. The molecule has 3 aromatic rings. The van der Waals surface area contributed by atoms with Crippen molar-refractivity contribution in [2.24, 2.45) is 0 Å². The second-order valence-electron chi connectivity index (χ2n) is 4.94. The van der Waals surface area contributed by atoms with E-state index < -0.39 is 17.8 Å². The van der Waals surface area contributed by atoms with E-state index in [0.29, 0.717) is 0 Å². The highest BCUT2D eigenvalue weighted by atomic mass is 16.5. The van der Waals surface area contributed by atoms with E-state index in [1.165, 1.54) is 25.4 Å². The van der Waals surface area contributed by atoms with Crippen molar-refractivity contribution in [3.05, 3.63) is 53.6 Å². The van der Waals surface area contributed by atoms with E-state index in [1.807, 2.05) is 0 Å². The average molecular weight is 340 g/mol. The molecule has 0 spiro atoms. The number of nitrogens with zero attached hydrogens (tertiary/aromatic N) is 2. The molecule has 0 saturated carbocycles. The normalized spacial score (nSPS) is 10.4. The maximum absolute atomic E-state index is 12.5. The van der Waals surface area contributed by atoms with Crippen molar-refractivity contribution in [3.63, 3.8) is 0 Å². The van der Waals surface area contributed by atoms with Crippen molar-refractivity contribution in [1.82, 2.24) is 15.0 Å². The number of hydrogen-bond acceptors (Lipinski definition) is 6. The van der Waals surface area contributed by atoms with Crippen LogP contribution in [0, 0.1) is 0 Å². The zero-order valence-corrected chi connectivity index (χ0v) is 12.9. The van der Waals surface area contributed by atoms with Gasteiger partial charge in [-0.25, -0.2) is 19.6 Å². The van der Waals surface area contributed by atoms with Gasteiger partial charge in [-0.15, -0.1) is 0 Å². The van der Waals surface area contributed by atoms with E-state index in [4.69, 9.17) is 5.11 Å². The molecule has 0 unspecified atom stereocenters. The molecule has 0 aliphatic carbocycles. The maximum Gasteiger partial charge on any atom is 0.356 e. The molecule has 0 saturated heterocycles. The summed E-state index contributed by atoms with van der Waals surface area (Å²) in [6.07, 6.45) is 2.50. The van der Waals surface area contributed by atoms with E-state index in [9.17, 15) is 14.4 Å². The van der Waals surface area contributed by atoms with Crippen molar-refractivity contribution in [3.8, 4) is 0 Å². The summed E-state index contributed by atoms with van der Waals surface area (Å²) < 4.78 is 4.66. The number of H-pyrrole nitrogens is 1. The summed E-state index contributed by atoms with van der Waals surface area (Å²) in [4.78, 5) is 45.9. The molecule has 126 valence electrons. The molecule has 25 heavy (non-hydrogen) atoms. The number of carbonyl (C=O) groups excluding carboxylic acids is 2. The van der Waals surface area contributed by atoms with Crippen LogP contribution in [0.25, 0.3) is 11.0 Å². The summed E-state index contributed by atoms with van der Waals surface area (Å²) >= 11 is 0. The molecule has 2 aromatic heterocycles. The van der Waals surface area contributed by atoms with Crippen molar-refractivity contribution in [2.45, 2.75) is 0 Å². The highest BCUT2D eigenvalue weighted by Gasteiger charge is 2.20. The molecule has 9 nitrogen and oxygen atoms in total. The summed E-state index contributed by atoms with van der Waals surface area (Å²) in [6, 6.07) is 6.18. The number of nitrogens with one attached hydrogen (secondary N) is 2. The Bertz CT molecular complexity index is 995. The van der Waals surface area contributed by atoms with Crippen LogP contribution < -0.4 is 5.32 Å². The van der Waals surface area contributed by atoms with Gasteiger partial charge in [-0.05, 0) is 12.1 Å². The molecule has 2 heterocycles. The number of aromatic carboxylic acids is 1. The lowest BCUT2D eigenvalue weighted by Gasteiger charge is -2.08. The van der Waals surface area contributed by atoms with Gasteiger partial charge in [0.2, 0.25) is 0 Å². The highest BCUT2D eigenvalue weighted by Crippen LogP contribution is 2.23. The molecule has 9 heteroatoms. The number of carboxylic acids is 1. The summed E-state index contributed by atoms with van der Waals surface area (Å²) in [5, 5.41) is 11.7. The number of rotatable bonds is 4. The third-order valence-corrected chi connectivity index (χ3v) is 3.49. The quantitative estimate of drug-likeness (QED) is 0.615. The monoisotopic (exact) mass is 340 g/mol. The van der Waals surface area contributed by atoms with E-state index in [-0.39, 0.29) is 33.5 Å². The molecular weight excluding hydrogens is 328 g/mol. The van der Waals surface area contributed by atoms with Gasteiger partial charge in [-0.2, -0.15) is 0 Å². The lowest BCUT2D eigenvalue weighted by molar-refractivity contribution is 0.0596. The minimum absolute atomic E-state index is 0.114. The first-order valence-corrected chi connectivity index (χ1v) is 7.07. The molecule has 0 radical (unpaired) electrons. The van der Waals surface area contributed by atoms with Crippen molar-refractivity contribution < 1.29 is 24.2 Å². The van der Waals surface area contributed by atoms with Crippen LogP contribution in [0.4, 0.5) is 5.69 Å². The number of carbonyl (C=O) groups is 3. The molecule has 0 bridgehead atoms. The summed E-state index contributed by atoms with van der Waals surface area (Å²) in [5.74, 6) is -2.42. The minimum atomic E-state index is -1.22. The topological polar surface area (TPSA) is 134 Å². The summed E-state index contributed by atoms with van der Waals surface area (Å²) in [7, 11) is 1.22. The minimum Gasteiger partial charge on any atom is -0.476 e. The molecule has 3 rings (SSSR count). The Morgan fingerprint density at radius 3 is 2.56 bits per heavy atom. The average Bonchev–Trinajstić information content (AvgIpc) is 3.03. The molecule has 3 N–H and O–H groups in total. The van der Waals surface area contributed by atoms with Gasteiger partial charge in [0.25, 0.3) is 5.91 Å². The van der Waals surface area contributed by atoms with Gasteiger partial charge in [-0.3, -0.25) is 4.79 Å². The first-order chi connectivity index (χ1) is 12.0. The number of fused-ring (bicyclic) bond motifs is 1. The summed E-state index contributed by atoms with van der Waals surface area (Å²) in [5.41, 5.74) is 0.729. The fraction of sp³-hybridized carbons (Fsp3) is 0.0625. The van der Waals surface area contributed by atoms with Gasteiger partial charge in [0.1, 0.15) is 17.4 Å². The molecular formula is C16H12N4O5. The number of hydrogen-bond donors (Lipinski definition) is 3. The second kappa shape index (κ2) is 6.40. The number of esters is 1. The fourth-order valence-corrected chi connectivity index (χ4v) is 2.36. The van der Waals surface area contributed by atoms with Crippen LogP contribution in [0.15, 0.2) is 36.8 Å². The van der Waals surface area contributed by atoms with Crippen LogP contribution in [-0.2, 0) is 4.74 Å².